The van der Waals surface area contributed by atoms with Crippen molar-refractivity contribution >= 4 is 11.6 Å². The van der Waals surface area contributed by atoms with Gasteiger partial charge in [0.15, 0.2) is 0 Å². The minimum Gasteiger partial charge on any atom is -0.325 e. The highest BCUT2D eigenvalue weighted by Gasteiger charge is 2.25. The lowest BCUT2D eigenvalue weighted by Gasteiger charge is -2.18. The molecule has 1 atom stereocenters. The van der Waals surface area contributed by atoms with Crippen molar-refractivity contribution in [3.63, 3.8) is 0 Å². The van der Waals surface area contributed by atoms with E-state index in [-0.39, 0.29) is 11.9 Å². The van der Waals surface area contributed by atoms with Crippen LogP contribution in [-0.2, 0) is 4.79 Å². The second-order valence-electron chi connectivity index (χ2n) is 4.62. The van der Waals surface area contributed by atoms with Gasteiger partial charge in [0.05, 0.1) is 18.7 Å². The maximum Gasteiger partial charge on any atom is 0.238 e. The van der Waals surface area contributed by atoms with Gasteiger partial charge in [0.1, 0.15) is 0 Å². The molecule has 0 aromatic heterocycles. The third-order valence-corrected chi connectivity index (χ3v) is 3.28. The summed E-state index contributed by atoms with van der Waals surface area (Å²) in [6.07, 6.45) is 1.87. The number of nitrogens with one attached hydrogen (secondary N) is 1. The quantitative estimate of drug-likeness (QED) is 0.882. The van der Waals surface area contributed by atoms with E-state index in [2.05, 4.69) is 11.4 Å². The average molecular weight is 243 g/mol. The van der Waals surface area contributed by atoms with Gasteiger partial charge in [-0.2, -0.15) is 5.26 Å². The Morgan fingerprint density at radius 1 is 1.56 bits per heavy atom. The molecule has 1 aliphatic rings. The summed E-state index contributed by atoms with van der Waals surface area (Å²) in [6, 6.07) is 9.83. The van der Waals surface area contributed by atoms with Crippen LogP contribution in [0.4, 0.5) is 5.69 Å². The first kappa shape index (κ1) is 12.6. The average Bonchev–Trinajstić information content (AvgIpc) is 2.79. The fraction of sp³-hybridized carbons (Fsp3) is 0.429. The molecule has 1 saturated heterocycles. The van der Waals surface area contributed by atoms with Crippen LogP contribution < -0.4 is 5.32 Å². The van der Waals surface area contributed by atoms with E-state index < -0.39 is 0 Å². The smallest absolute Gasteiger partial charge is 0.238 e. The molecule has 1 aliphatic heterocycles. The van der Waals surface area contributed by atoms with Crippen LogP contribution in [0, 0.1) is 18.3 Å². The molecule has 0 radical (unpaired) electrons. The van der Waals surface area contributed by atoms with E-state index in [0.717, 1.165) is 30.6 Å². The number of amides is 1. The molecule has 1 aromatic carbocycles. The highest BCUT2D eigenvalue weighted by molar-refractivity contribution is 5.93. The molecule has 1 N–H and O–H groups in total. The maximum absolute atomic E-state index is 11.9. The lowest BCUT2D eigenvalue weighted by molar-refractivity contribution is -0.117. The Morgan fingerprint density at radius 2 is 2.33 bits per heavy atom. The number of likely N-dealkylation sites (tertiary alicyclic amines) is 1. The van der Waals surface area contributed by atoms with Gasteiger partial charge in [0, 0.05) is 12.2 Å². The molecule has 4 heteroatoms. The Bertz CT molecular complexity index is 478. The molecule has 94 valence electrons. The Morgan fingerprint density at radius 3 is 3.06 bits per heavy atom. The lowest BCUT2D eigenvalue weighted by Crippen LogP contribution is -2.36. The standard InChI is InChI=1S/C14H17N3O/c1-11-5-2-3-7-13(11)16-14(18)10-17-8-4-6-12(17)9-15/h2-3,5,7,12H,4,6,8,10H2,1H3,(H,16,18). The summed E-state index contributed by atoms with van der Waals surface area (Å²) in [4.78, 5) is 13.9. The largest absolute Gasteiger partial charge is 0.325 e. The van der Waals surface area contributed by atoms with Crippen LogP contribution in [0.15, 0.2) is 24.3 Å². The summed E-state index contributed by atoms with van der Waals surface area (Å²) >= 11 is 0. The van der Waals surface area contributed by atoms with Crippen molar-refractivity contribution < 1.29 is 4.79 Å². The normalized spacial score (nSPS) is 19.4. The number of anilines is 1. The van der Waals surface area contributed by atoms with Crippen molar-refractivity contribution in [1.82, 2.24) is 4.90 Å². The van der Waals surface area contributed by atoms with Gasteiger partial charge in [-0.05, 0) is 31.4 Å². The summed E-state index contributed by atoms with van der Waals surface area (Å²) in [5.41, 5.74) is 1.89. The fourth-order valence-electron chi connectivity index (χ4n) is 2.25. The topological polar surface area (TPSA) is 56.1 Å². The number of rotatable bonds is 3. The van der Waals surface area contributed by atoms with Crippen LogP contribution in [0.2, 0.25) is 0 Å². The highest BCUT2D eigenvalue weighted by atomic mass is 16.2. The molecular weight excluding hydrogens is 226 g/mol. The summed E-state index contributed by atoms with van der Waals surface area (Å²) < 4.78 is 0. The van der Waals surface area contributed by atoms with Gasteiger partial charge in [-0.1, -0.05) is 18.2 Å². The Labute approximate surface area is 107 Å². The number of carbonyl (C=O) groups excluding carboxylic acids is 1. The molecule has 0 saturated carbocycles. The van der Waals surface area contributed by atoms with Crippen molar-refractivity contribution in [1.29, 1.82) is 5.26 Å². The zero-order valence-corrected chi connectivity index (χ0v) is 10.5. The summed E-state index contributed by atoms with van der Waals surface area (Å²) in [5.74, 6) is -0.0496. The lowest BCUT2D eigenvalue weighted by atomic mass is 10.2. The van der Waals surface area contributed by atoms with Gasteiger partial charge in [-0.25, -0.2) is 0 Å². The van der Waals surface area contributed by atoms with Crippen LogP contribution in [0.5, 0.6) is 0 Å². The number of para-hydroxylation sites is 1. The van der Waals surface area contributed by atoms with E-state index >= 15 is 0 Å². The van der Waals surface area contributed by atoms with E-state index in [9.17, 15) is 4.79 Å². The molecular formula is C14H17N3O. The monoisotopic (exact) mass is 243 g/mol. The molecule has 0 bridgehead atoms. The van der Waals surface area contributed by atoms with Crippen molar-refractivity contribution in [2.24, 2.45) is 0 Å². The molecule has 0 spiro atoms. The van der Waals surface area contributed by atoms with Crippen molar-refractivity contribution in [3.05, 3.63) is 29.8 Å². The van der Waals surface area contributed by atoms with Crippen molar-refractivity contribution in [2.75, 3.05) is 18.4 Å². The van der Waals surface area contributed by atoms with E-state index in [1.54, 1.807) is 0 Å². The van der Waals surface area contributed by atoms with Crippen molar-refractivity contribution in [2.45, 2.75) is 25.8 Å². The van der Waals surface area contributed by atoms with Crippen LogP contribution >= 0.6 is 0 Å². The minimum absolute atomic E-state index is 0.0496. The van der Waals surface area contributed by atoms with Gasteiger partial charge >= 0.3 is 0 Å². The number of benzene rings is 1. The molecule has 1 unspecified atom stereocenters. The van der Waals surface area contributed by atoms with Gasteiger partial charge < -0.3 is 5.32 Å². The molecule has 18 heavy (non-hydrogen) atoms. The molecule has 1 fully saturated rings. The Kier molecular flexibility index (Phi) is 3.96. The molecule has 1 aromatic rings. The van der Waals surface area contributed by atoms with Crippen LogP contribution in [0.25, 0.3) is 0 Å². The van der Waals surface area contributed by atoms with Gasteiger partial charge in [-0.15, -0.1) is 0 Å². The predicted molar refractivity (Wildman–Crippen MR) is 70.0 cm³/mol. The van der Waals surface area contributed by atoms with Crippen LogP contribution in [0.3, 0.4) is 0 Å². The van der Waals surface area contributed by atoms with Crippen molar-refractivity contribution in [3.8, 4) is 6.07 Å². The molecule has 2 rings (SSSR count). The van der Waals surface area contributed by atoms with E-state index in [1.165, 1.54) is 0 Å². The highest BCUT2D eigenvalue weighted by Crippen LogP contribution is 2.17. The SMILES string of the molecule is Cc1ccccc1NC(=O)CN1CCCC1C#N. The Hall–Kier alpha value is -1.86. The number of nitrogens with zero attached hydrogens (tertiary/aromatic N) is 2. The number of hydrogen-bond acceptors (Lipinski definition) is 3. The molecule has 1 amide bonds. The minimum atomic E-state index is -0.104. The zero-order chi connectivity index (χ0) is 13.0. The summed E-state index contributed by atoms with van der Waals surface area (Å²) in [7, 11) is 0. The van der Waals surface area contributed by atoms with Gasteiger partial charge in [0.25, 0.3) is 0 Å². The third kappa shape index (κ3) is 2.88. The van der Waals surface area contributed by atoms with E-state index in [1.807, 2.05) is 36.1 Å². The van der Waals surface area contributed by atoms with Crippen LogP contribution in [-0.4, -0.2) is 29.9 Å². The summed E-state index contributed by atoms with van der Waals surface area (Å²) in [5, 5.41) is 11.9. The first-order chi connectivity index (χ1) is 8.70. The van der Waals surface area contributed by atoms with E-state index in [0.29, 0.717) is 6.54 Å². The van der Waals surface area contributed by atoms with E-state index in [4.69, 9.17) is 5.26 Å². The number of aryl methyl sites for hydroxylation is 1. The predicted octanol–water partition coefficient (Wildman–Crippen LogP) is 1.92. The zero-order valence-electron chi connectivity index (χ0n) is 10.5. The fourth-order valence-corrected chi connectivity index (χ4v) is 2.25. The van der Waals surface area contributed by atoms with Crippen LogP contribution in [0.1, 0.15) is 18.4 Å². The second kappa shape index (κ2) is 5.65. The summed E-state index contributed by atoms with van der Waals surface area (Å²) in [6.45, 7) is 3.09. The molecule has 1 heterocycles. The molecule has 4 nitrogen and oxygen atoms in total. The number of carbonyl (C=O) groups is 1. The van der Waals surface area contributed by atoms with Gasteiger partial charge in [-0.3, -0.25) is 9.69 Å². The first-order valence-corrected chi connectivity index (χ1v) is 6.20. The Balaban J connectivity index is 1.94. The molecule has 0 aliphatic carbocycles. The first-order valence-electron chi connectivity index (χ1n) is 6.20. The maximum atomic E-state index is 11.9. The third-order valence-electron chi connectivity index (χ3n) is 3.28. The van der Waals surface area contributed by atoms with Gasteiger partial charge in [0.2, 0.25) is 5.91 Å². The number of hydrogen-bond donors (Lipinski definition) is 1. The number of nitriles is 1. The second-order valence-corrected chi connectivity index (χ2v) is 4.62.